The highest BCUT2D eigenvalue weighted by Gasteiger charge is 2.22. The smallest absolute Gasteiger partial charge is 0.288 e. The molecule has 2 aromatic rings. The fourth-order valence-electron chi connectivity index (χ4n) is 2.82. The Morgan fingerprint density at radius 1 is 1.24 bits per heavy atom. The van der Waals surface area contributed by atoms with Gasteiger partial charge < -0.3 is 10.1 Å². The van der Waals surface area contributed by atoms with Crippen molar-refractivity contribution < 1.29 is 18.1 Å². The van der Waals surface area contributed by atoms with Crippen molar-refractivity contribution in [3.63, 3.8) is 0 Å². The molecule has 3 rings (SSSR count). The van der Waals surface area contributed by atoms with E-state index < -0.39 is 20.4 Å². The van der Waals surface area contributed by atoms with Gasteiger partial charge in [-0.1, -0.05) is 12.1 Å². The second-order valence-corrected chi connectivity index (χ2v) is 7.91. The Kier molecular flexibility index (Phi) is 4.63. The van der Waals surface area contributed by atoms with Crippen LogP contribution in [0.3, 0.4) is 0 Å². The van der Waals surface area contributed by atoms with Gasteiger partial charge in [0.15, 0.2) is 9.84 Å². The Labute approximate surface area is 145 Å². The van der Waals surface area contributed by atoms with E-state index in [0.717, 1.165) is 30.4 Å². The summed E-state index contributed by atoms with van der Waals surface area (Å²) in [6.07, 6.45) is 2.63. The second-order valence-electron chi connectivity index (χ2n) is 5.93. The third-order valence-corrected chi connectivity index (χ3v) is 5.18. The fraction of sp³-hybridized carbons (Fsp3) is 0.294. The Hall–Kier alpha value is -2.61. The van der Waals surface area contributed by atoms with Gasteiger partial charge in [0.25, 0.3) is 5.69 Å². The monoisotopic (exact) mass is 362 g/mol. The van der Waals surface area contributed by atoms with Crippen molar-refractivity contribution in [2.75, 3.05) is 24.7 Å². The van der Waals surface area contributed by atoms with E-state index in [1.54, 1.807) is 0 Å². The summed E-state index contributed by atoms with van der Waals surface area (Å²) in [5.74, 6) is 0.935. The SMILES string of the molecule is CS(=O)(=O)c1cc(NCCc2ccc3c(c2)CCO3)ccc1[N+](=O)[O-]. The van der Waals surface area contributed by atoms with Crippen LogP contribution in [0.1, 0.15) is 11.1 Å². The fourth-order valence-corrected chi connectivity index (χ4v) is 3.68. The number of nitro groups is 1. The molecule has 1 heterocycles. The number of nitrogens with zero attached hydrogens (tertiary/aromatic N) is 1. The van der Waals surface area contributed by atoms with Crippen molar-refractivity contribution in [1.29, 1.82) is 0 Å². The van der Waals surface area contributed by atoms with Gasteiger partial charge in [-0.2, -0.15) is 0 Å². The van der Waals surface area contributed by atoms with Gasteiger partial charge in [0.05, 0.1) is 11.5 Å². The highest BCUT2D eigenvalue weighted by molar-refractivity contribution is 7.90. The van der Waals surface area contributed by atoms with Gasteiger partial charge >= 0.3 is 0 Å². The maximum absolute atomic E-state index is 11.8. The minimum absolute atomic E-state index is 0.280. The zero-order valence-corrected chi connectivity index (χ0v) is 14.5. The molecule has 0 radical (unpaired) electrons. The topological polar surface area (TPSA) is 98.5 Å². The highest BCUT2D eigenvalue weighted by Crippen LogP contribution is 2.28. The minimum Gasteiger partial charge on any atom is -0.493 e. The van der Waals surface area contributed by atoms with Crippen molar-refractivity contribution in [3.8, 4) is 5.75 Å². The molecule has 0 atom stereocenters. The van der Waals surface area contributed by atoms with Crippen LogP contribution in [0.2, 0.25) is 0 Å². The first-order chi connectivity index (χ1) is 11.8. The van der Waals surface area contributed by atoms with E-state index in [-0.39, 0.29) is 4.90 Å². The first-order valence-corrected chi connectivity index (χ1v) is 9.71. The van der Waals surface area contributed by atoms with Crippen molar-refractivity contribution in [1.82, 2.24) is 0 Å². The minimum atomic E-state index is -3.68. The molecule has 8 heteroatoms. The van der Waals surface area contributed by atoms with Crippen LogP contribution in [0.4, 0.5) is 11.4 Å². The van der Waals surface area contributed by atoms with Crippen LogP contribution in [0.25, 0.3) is 0 Å². The lowest BCUT2D eigenvalue weighted by molar-refractivity contribution is -0.387. The molecule has 0 fully saturated rings. The lowest BCUT2D eigenvalue weighted by Crippen LogP contribution is -2.08. The van der Waals surface area contributed by atoms with E-state index in [1.165, 1.54) is 23.8 Å². The van der Waals surface area contributed by atoms with Crippen LogP contribution >= 0.6 is 0 Å². The van der Waals surface area contributed by atoms with Gasteiger partial charge in [0.2, 0.25) is 0 Å². The molecule has 25 heavy (non-hydrogen) atoms. The van der Waals surface area contributed by atoms with Gasteiger partial charge in [-0.25, -0.2) is 8.42 Å². The summed E-state index contributed by atoms with van der Waals surface area (Å²) in [7, 11) is -3.68. The number of nitro benzene ring substituents is 1. The lowest BCUT2D eigenvalue weighted by atomic mass is 10.1. The Balaban J connectivity index is 1.70. The molecule has 0 aliphatic carbocycles. The van der Waals surface area contributed by atoms with Crippen LogP contribution in [0.15, 0.2) is 41.3 Å². The molecule has 7 nitrogen and oxygen atoms in total. The normalized spacial score (nSPS) is 13.2. The third kappa shape index (κ3) is 3.90. The number of fused-ring (bicyclic) bond motifs is 1. The van der Waals surface area contributed by atoms with Crippen LogP contribution in [-0.4, -0.2) is 32.7 Å². The maximum Gasteiger partial charge on any atom is 0.288 e. The number of benzene rings is 2. The molecule has 1 aliphatic heterocycles. The Morgan fingerprint density at radius 3 is 2.76 bits per heavy atom. The van der Waals surface area contributed by atoms with Crippen LogP contribution < -0.4 is 10.1 Å². The lowest BCUT2D eigenvalue weighted by Gasteiger charge is -2.09. The van der Waals surface area contributed by atoms with Crippen molar-refractivity contribution in [2.24, 2.45) is 0 Å². The number of hydrogen-bond donors (Lipinski definition) is 1. The Bertz CT molecular complexity index is 925. The van der Waals surface area contributed by atoms with Crippen LogP contribution in [0, 0.1) is 10.1 Å². The number of hydrogen-bond acceptors (Lipinski definition) is 6. The predicted octanol–water partition coefficient (Wildman–Crippen LogP) is 2.59. The van der Waals surface area contributed by atoms with E-state index in [9.17, 15) is 18.5 Å². The summed E-state index contributed by atoms with van der Waals surface area (Å²) in [5.41, 5.74) is 2.48. The molecule has 0 saturated carbocycles. The molecule has 0 aromatic heterocycles. The molecular formula is C17H18N2O5S. The summed E-state index contributed by atoms with van der Waals surface area (Å²) < 4.78 is 29.0. The molecule has 132 valence electrons. The van der Waals surface area contributed by atoms with E-state index in [0.29, 0.717) is 18.8 Å². The first-order valence-electron chi connectivity index (χ1n) is 7.81. The van der Waals surface area contributed by atoms with Crippen molar-refractivity contribution in [3.05, 3.63) is 57.6 Å². The highest BCUT2D eigenvalue weighted by atomic mass is 32.2. The average Bonchev–Trinajstić information content (AvgIpc) is 3.01. The zero-order valence-electron chi connectivity index (χ0n) is 13.7. The van der Waals surface area contributed by atoms with Crippen LogP contribution in [-0.2, 0) is 22.7 Å². The maximum atomic E-state index is 11.8. The predicted molar refractivity (Wildman–Crippen MR) is 94.0 cm³/mol. The van der Waals surface area contributed by atoms with E-state index >= 15 is 0 Å². The standard InChI is InChI=1S/C17H18N2O5S/c1-25(22,23)17-11-14(3-4-15(17)19(20)21)18-8-6-12-2-5-16-13(10-12)7-9-24-16/h2-5,10-11,18H,6-9H2,1H3. The van der Waals surface area contributed by atoms with Gasteiger partial charge in [-0.15, -0.1) is 0 Å². The van der Waals surface area contributed by atoms with Gasteiger partial charge in [0, 0.05) is 31.0 Å². The molecule has 0 spiro atoms. The summed E-state index contributed by atoms with van der Waals surface area (Å²) in [6, 6.07) is 10.1. The van der Waals surface area contributed by atoms with Gasteiger partial charge in [-0.05, 0) is 35.7 Å². The first kappa shape index (κ1) is 17.2. The van der Waals surface area contributed by atoms with E-state index in [1.807, 2.05) is 12.1 Å². The number of sulfone groups is 1. The number of anilines is 1. The van der Waals surface area contributed by atoms with E-state index in [2.05, 4.69) is 11.4 Å². The van der Waals surface area contributed by atoms with Crippen molar-refractivity contribution >= 4 is 21.2 Å². The molecule has 0 bridgehead atoms. The summed E-state index contributed by atoms with van der Waals surface area (Å²) in [6.45, 7) is 1.30. The van der Waals surface area contributed by atoms with Crippen molar-refractivity contribution in [2.45, 2.75) is 17.7 Å². The molecule has 0 unspecified atom stereocenters. The molecule has 0 saturated heterocycles. The Morgan fingerprint density at radius 2 is 2.04 bits per heavy atom. The quantitative estimate of drug-likeness (QED) is 0.626. The molecule has 2 aromatic carbocycles. The number of ether oxygens (including phenoxy) is 1. The third-order valence-electron chi connectivity index (χ3n) is 4.05. The summed E-state index contributed by atoms with van der Waals surface area (Å²) >= 11 is 0. The summed E-state index contributed by atoms with van der Waals surface area (Å²) in [4.78, 5) is 10.0. The molecule has 1 aliphatic rings. The van der Waals surface area contributed by atoms with Gasteiger partial charge in [0.1, 0.15) is 10.6 Å². The van der Waals surface area contributed by atoms with Crippen LogP contribution in [0.5, 0.6) is 5.75 Å². The molecule has 0 amide bonds. The average molecular weight is 362 g/mol. The molecule has 1 N–H and O–H groups in total. The molecular weight excluding hydrogens is 344 g/mol. The summed E-state index contributed by atoms with van der Waals surface area (Å²) in [5, 5.41) is 14.1. The zero-order chi connectivity index (χ0) is 18.0. The largest absolute Gasteiger partial charge is 0.493 e. The van der Waals surface area contributed by atoms with Gasteiger partial charge in [-0.3, -0.25) is 10.1 Å². The van der Waals surface area contributed by atoms with E-state index in [4.69, 9.17) is 4.74 Å². The number of rotatable bonds is 6. The second kappa shape index (κ2) is 6.72. The number of nitrogens with one attached hydrogen (secondary N) is 1.